The maximum Gasteiger partial charge on any atom is 0.422 e. The highest BCUT2D eigenvalue weighted by molar-refractivity contribution is 5.67. The Balaban J connectivity index is 2.25. The minimum absolute atomic E-state index is 0.0730. The van der Waals surface area contributed by atoms with Gasteiger partial charge in [-0.3, -0.25) is 0 Å². The largest absolute Gasteiger partial charge is 0.440 e. The molecule has 1 amide bonds. The van der Waals surface area contributed by atoms with E-state index < -0.39 is 24.5 Å². The van der Waals surface area contributed by atoms with Crippen molar-refractivity contribution in [3.8, 4) is 0 Å². The second-order valence-corrected chi connectivity index (χ2v) is 4.95. The summed E-state index contributed by atoms with van der Waals surface area (Å²) in [6, 6.07) is 0. The molecule has 0 aromatic carbocycles. The Labute approximate surface area is 103 Å². The van der Waals surface area contributed by atoms with E-state index in [1.807, 2.05) is 0 Å². The third-order valence-electron chi connectivity index (χ3n) is 3.13. The van der Waals surface area contributed by atoms with Crippen LogP contribution in [0.5, 0.6) is 0 Å². The van der Waals surface area contributed by atoms with E-state index >= 15 is 0 Å². The lowest BCUT2D eigenvalue weighted by molar-refractivity contribution is -0.160. The van der Waals surface area contributed by atoms with Crippen molar-refractivity contribution in [1.29, 1.82) is 0 Å². The highest BCUT2D eigenvalue weighted by Crippen LogP contribution is 2.31. The second-order valence-electron chi connectivity index (χ2n) is 4.95. The Morgan fingerprint density at radius 2 is 2.00 bits per heavy atom. The van der Waals surface area contributed by atoms with Gasteiger partial charge in [-0.25, -0.2) is 4.79 Å². The SMILES string of the molecule is CC1CCC(O)(CNC(=O)OCC(F)(F)F)CC1. The second kappa shape index (κ2) is 5.77. The summed E-state index contributed by atoms with van der Waals surface area (Å²) in [6.45, 7) is 0.384. The van der Waals surface area contributed by atoms with Crippen LogP contribution >= 0.6 is 0 Å². The van der Waals surface area contributed by atoms with E-state index in [2.05, 4.69) is 17.0 Å². The number of alkyl carbamates (subject to hydrolysis) is 1. The highest BCUT2D eigenvalue weighted by Gasteiger charge is 2.33. The number of amides is 1. The summed E-state index contributed by atoms with van der Waals surface area (Å²) in [7, 11) is 0. The lowest BCUT2D eigenvalue weighted by Gasteiger charge is -2.34. The molecule has 106 valence electrons. The van der Waals surface area contributed by atoms with Gasteiger partial charge in [0.25, 0.3) is 0 Å². The fourth-order valence-electron chi connectivity index (χ4n) is 1.91. The average molecular weight is 269 g/mol. The number of alkyl halides is 3. The molecule has 7 heteroatoms. The van der Waals surface area contributed by atoms with Gasteiger partial charge < -0.3 is 15.2 Å². The predicted molar refractivity (Wildman–Crippen MR) is 58.0 cm³/mol. The molecule has 1 aliphatic carbocycles. The molecule has 1 fully saturated rings. The fraction of sp³-hybridized carbons (Fsp3) is 0.909. The molecule has 4 nitrogen and oxygen atoms in total. The van der Waals surface area contributed by atoms with Crippen LogP contribution in [0.2, 0.25) is 0 Å². The lowest BCUT2D eigenvalue weighted by Crippen LogP contribution is -2.45. The standard InChI is InChI=1S/C11H18F3NO3/c1-8-2-4-10(17,5-3-8)6-15-9(16)18-7-11(12,13)14/h8,17H,2-7H2,1H3,(H,15,16). The summed E-state index contributed by atoms with van der Waals surface area (Å²) in [5.41, 5.74) is -1.02. The number of nitrogens with one attached hydrogen (secondary N) is 1. The van der Waals surface area contributed by atoms with Crippen LogP contribution in [0, 0.1) is 5.92 Å². The molecule has 0 saturated heterocycles. The summed E-state index contributed by atoms with van der Waals surface area (Å²) in [5, 5.41) is 12.2. The third kappa shape index (κ3) is 5.57. The van der Waals surface area contributed by atoms with Gasteiger partial charge in [0.1, 0.15) is 0 Å². The van der Waals surface area contributed by atoms with Crippen LogP contribution in [0.4, 0.5) is 18.0 Å². The molecule has 0 heterocycles. The number of ether oxygens (including phenoxy) is 1. The zero-order valence-corrected chi connectivity index (χ0v) is 10.2. The minimum Gasteiger partial charge on any atom is -0.440 e. The molecule has 0 atom stereocenters. The highest BCUT2D eigenvalue weighted by atomic mass is 19.4. The van der Waals surface area contributed by atoms with Gasteiger partial charge >= 0.3 is 12.3 Å². The first-order valence-electron chi connectivity index (χ1n) is 5.90. The zero-order chi connectivity index (χ0) is 13.8. The molecule has 0 bridgehead atoms. The van der Waals surface area contributed by atoms with Crippen molar-refractivity contribution >= 4 is 6.09 Å². The van der Waals surface area contributed by atoms with Gasteiger partial charge in [0.2, 0.25) is 0 Å². The number of rotatable bonds is 3. The number of hydrogen-bond acceptors (Lipinski definition) is 3. The van der Waals surface area contributed by atoms with Crippen LogP contribution in [0.3, 0.4) is 0 Å². The smallest absolute Gasteiger partial charge is 0.422 e. The Morgan fingerprint density at radius 3 is 2.50 bits per heavy atom. The number of hydrogen-bond donors (Lipinski definition) is 2. The first-order chi connectivity index (χ1) is 8.20. The summed E-state index contributed by atoms with van der Waals surface area (Å²) >= 11 is 0. The zero-order valence-electron chi connectivity index (χ0n) is 10.2. The van der Waals surface area contributed by atoms with Gasteiger partial charge in [0, 0.05) is 6.54 Å². The van der Waals surface area contributed by atoms with Crippen molar-refractivity contribution in [1.82, 2.24) is 5.32 Å². The summed E-state index contributed by atoms with van der Waals surface area (Å²) in [6.07, 6.45) is -2.93. The van der Waals surface area contributed by atoms with Crippen molar-refractivity contribution < 1.29 is 27.8 Å². The Morgan fingerprint density at radius 1 is 1.44 bits per heavy atom. The van der Waals surface area contributed by atoms with E-state index in [1.165, 1.54) is 0 Å². The van der Waals surface area contributed by atoms with Crippen LogP contribution in [-0.2, 0) is 4.74 Å². The molecular formula is C11H18F3NO3. The van der Waals surface area contributed by atoms with Gasteiger partial charge in [-0.2, -0.15) is 13.2 Å². The van der Waals surface area contributed by atoms with Crippen molar-refractivity contribution in [3.05, 3.63) is 0 Å². The van der Waals surface area contributed by atoms with E-state index in [9.17, 15) is 23.1 Å². The summed E-state index contributed by atoms with van der Waals surface area (Å²) < 4.78 is 39.3. The molecule has 0 aromatic rings. The number of carbonyl (C=O) groups is 1. The van der Waals surface area contributed by atoms with Crippen LogP contribution in [0.15, 0.2) is 0 Å². The average Bonchev–Trinajstić information content (AvgIpc) is 2.27. The molecule has 0 radical (unpaired) electrons. The maximum atomic E-state index is 11.8. The predicted octanol–water partition coefficient (Wildman–Crippen LogP) is 2.22. The van der Waals surface area contributed by atoms with Crippen molar-refractivity contribution in [2.45, 2.75) is 44.4 Å². The molecule has 1 aliphatic rings. The molecule has 2 N–H and O–H groups in total. The topological polar surface area (TPSA) is 58.6 Å². The van der Waals surface area contributed by atoms with E-state index in [0.29, 0.717) is 18.8 Å². The Bertz CT molecular complexity index is 286. The molecular weight excluding hydrogens is 251 g/mol. The van der Waals surface area contributed by atoms with Crippen molar-refractivity contribution in [2.24, 2.45) is 5.92 Å². The molecule has 0 aromatic heterocycles. The molecule has 0 spiro atoms. The van der Waals surface area contributed by atoms with E-state index in [4.69, 9.17) is 0 Å². The van der Waals surface area contributed by atoms with Gasteiger partial charge in [-0.1, -0.05) is 6.92 Å². The van der Waals surface area contributed by atoms with Crippen molar-refractivity contribution in [2.75, 3.05) is 13.2 Å². The van der Waals surface area contributed by atoms with Crippen LogP contribution < -0.4 is 5.32 Å². The Kier molecular flexibility index (Phi) is 4.84. The van der Waals surface area contributed by atoms with Gasteiger partial charge in [-0.15, -0.1) is 0 Å². The third-order valence-corrected chi connectivity index (χ3v) is 3.13. The summed E-state index contributed by atoms with van der Waals surface area (Å²) in [5.74, 6) is 0.530. The molecule has 0 aliphatic heterocycles. The van der Waals surface area contributed by atoms with Crippen LogP contribution in [0.1, 0.15) is 32.6 Å². The molecule has 1 saturated carbocycles. The molecule has 0 unspecified atom stereocenters. The van der Waals surface area contributed by atoms with E-state index in [-0.39, 0.29) is 6.54 Å². The van der Waals surface area contributed by atoms with E-state index in [1.54, 1.807) is 0 Å². The lowest BCUT2D eigenvalue weighted by atomic mass is 9.79. The summed E-state index contributed by atoms with van der Waals surface area (Å²) in [4.78, 5) is 11.0. The van der Waals surface area contributed by atoms with Crippen LogP contribution in [0.25, 0.3) is 0 Å². The van der Waals surface area contributed by atoms with Gasteiger partial charge in [-0.05, 0) is 31.6 Å². The normalized spacial score (nSPS) is 28.8. The fourth-order valence-corrected chi connectivity index (χ4v) is 1.91. The number of carbonyl (C=O) groups excluding carboxylic acids is 1. The maximum absolute atomic E-state index is 11.8. The number of halogens is 3. The van der Waals surface area contributed by atoms with Crippen molar-refractivity contribution in [3.63, 3.8) is 0 Å². The van der Waals surface area contributed by atoms with Crippen LogP contribution in [-0.4, -0.2) is 36.1 Å². The first kappa shape index (κ1) is 15.1. The molecule has 1 rings (SSSR count). The quantitative estimate of drug-likeness (QED) is 0.826. The molecule has 18 heavy (non-hydrogen) atoms. The van der Waals surface area contributed by atoms with Gasteiger partial charge in [0.05, 0.1) is 5.60 Å². The Hall–Kier alpha value is -0.980. The van der Waals surface area contributed by atoms with Gasteiger partial charge in [0.15, 0.2) is 6.61 Å². The minimum atomic E-state index is -4.53. The van der Waals surface area contributed by atoms with E-state index in [0.717, 1.165) is 12.8 Å². The number of aliphatic hydroxyl groups is 1. The first-order valence-corrected chi connectivity index (χ1v) is 5.90. The monoisotopic (exact) mass is 269 g/mol.